The zero-order valence-electron chi connectivity index (χ0n) is 16.3. The van der Waals surface area contributed by atoms with Crippen LogP contribution < -0.4 is 0 Å². The van der Waals surface area contributed by atoms with Crippen LogP contribution in [0.2, 0.25) is 0 Å². The first kappa shape index (κ1) is 19.4. The Bertz CT molecular complexity index is 1270. The van der Waals surface area contributed by atoms with Gasteiger partial charge in [0.1, 0.15) is 0 Å². The van der Waals surface area contributed by atoms with Crippen molar-refractivity contribution in [1.82, 2.24) is 19.7 Å². The van der Waals surface area contributed by atoms with E-state index in [-0.39, 0.29) is 5.56 Å². The van der Waals surface area contributed by atoms with Crippen molar-refractivity contribution in [2.24, 2.45) is 0 Å². The number of nitriles is 1. The number of benzene rings is 1. The molecule has 0 N–H and O–H groups in total. The highest BCUT2D eigenvalue weighted by molar-refractivity contribution is 5.59. The van der Waals surface area contributed by atoms with Crippen LogP contribution in [0.4, 0.5) is 8.78 Å². The van der Waals surface area contributed by atoms with Gasteiger partial charge in [-0.1, -0.05) is 12.1 Å². The van der Waals surface area contributed by atoms with E-state index in [2.05, 4.69) is 21.1 Å². The summed E-state index contributed by atoms with van der Waals surface area (Å²) in [6, 6.07) is 18.9. The van der Waals surface area contributed by atoms with Gasteiger partial charge in [0.25, 0.3) is 0 Å². The molecule has 0 saturated heterocycles. The largest absolute Gasteiger partial charge is 0.252 e. The van der Waals surface area contributed by atoms with Gasteiger partial charge < -0.3 is 0 Å². The van der Waals surface area contributed by atoms with Crippen LogP contribution >= 0.6 is 0 Å². The Hall–Kier alpha value is -3.92. The van der Waals surface area contributed by atoms with Crippen molar-refractivity contribution in [3.8, 4) is 23.0 Å². The summed E-state index contributed by atoms with van der Waals surface area (Å²) in [6.07, 6.45) is 1.82. The molecular formula is C23H17F2N5. The van der Waals surface area contributed by atoms with Gasteiger partial charge in [0, 0.05) is 6.20 Å². The predicted molar refractivity (Wildman–Crippen MR) is 108 cm³/mol. The summed E-state index contributed by atoms with van der Waals surface area (Å²) in [5.74, 6) is -1.78. The monoisotopic (exact) mass is 401 g/mol. The van der Waals surface area contributed by atoms with E-state index in [9.17, 15) is 8.78 Å². The number of aromatic nitrogens is 4. The van der Waals surface area contributed by atoms with E-state index in [1.54, 1.807) is 35.0 Å². The average Bonchev–Trinajstić information content (AvgIpc) is 3.25. The molecule has 5 nitrogen and oxygen atoms in total. The zero-order valence-corrected chi connectivity index (χ0v) is 16.3. The fourth-order valence-corrected chi connectivity index (χ4v) is 3.19. The average molecular weight is 401 g/mol. The fraction of sp³-hybridized carbons (Fsp3) is 0.130. The molecule has 0 aliphatic rings. The summed E-state index contributed by atoms with van der Waals surface area (Å²) < 4.78 is 29.0. The lowest BCUT2D eigenvalue weighted by atomic mass is 9.85. The number of halogens is 2. The summed E-state index contributed by atoms with van der Waals surface area (Å²) in [7, 11) is 0. The maximum absolute atomic E-state index is 14.1. The molecular weight excluding hydrogens is 384 g/mol. The molecule has 3 heterocycles. The summed E-state index contributed by atoms with van der Waals surface area (Å²) in [6.45, 7) is 3.94. The van der Waals surface area contributed by atoms with Crippen molar-refractivity contribution >= 4 is 0 Å². The lowest BCUT2D eigenvalue weighted by Crippen LogP contribution is -2.22. The number of pyridine rings is 2. The van der Waals surface area contributed by atoms with E-state index < -0.39 is 17.3 Å². The molecule has 3 aromatic heterocycles. The van der Waals surface area contributed by atoms with Crippen LogP contribution in [0.25, 0.3) is 16.9 Å². The minimum atomic E-state index is -0.904. The quantitative estimate of drug-likeness (QED) is 0.461. The van der Waals surface area contributed by atoms with Gasteiger partial charge in [-0.25, -0.2) is 4.68 Å². The molecule has 148 valence electrons. The smallest absolute Gasteiger partial charge is 0.224 e. The SMILES string of the molecule is CC(C)(c1cccc(-c2ccc(F)nc2F)n1)c1ccn(-c2cccc(C#N)c2)n1. The van der Waals surface area contributed by atoms with Crippen molar-refractivity contribution in [3.63, 3.8) is 0 Å². The van der Waals surface area contributed by atoms with Crippen LogP contribution in [-0.4, -0.2) is 19.7 Å². The first-order valence-corrected chi connectivity index (χ1v) is 9.25. The normalized spacial score (nSPS) is 11.3. The van der Waals surface area contributed by atoms with Crippen molar-refractivity contribution in [2.45, 2.75) is 19.3 Å². The van der Waals surface area contributed by atoms with E-state index in [4.69, 9.17) is 5.26 Å². The van der Waals surface area contributed by atoms with Crippen LogP contribution in [0, 0.1) is 23.2 Å². The Kier molecular flexibility index (Phi) is 4.84. The topological polar surface area (TPSA) is 67.4 Å². The van der Waals surface area contributed by atoms with Crippen LogP contribution in [-0.2, 0) is 5.41 Å². The van der Waals surface area contributed by atoms with Gasteiger partial charge in [-0.15, -0.1) is 0 Å². The number of hydrogen-bond donors (Lipinski definition) is 0. The summed E-state index contributed by atoms with van der Waals surface area (Å²) in [5.41, 5.74) is 2.68. The minimum absolute atomic E-state index is 0.132. The van der Waals surface area contributed by atoms with Gasteiger partial charge in [-0.2, -0.15) is 24.1 Å². The van der Waals surface area contributed by atoms with Gasteiger partial charge in [0.15, 0.2) is 0 Å². The third-order valence-electron chi connectivity index (χ3n) is 4.95. The maximum atomic E-state index is 14.1. The van der Waals surface area contributed by atoms with Crippen molar-refractivity contribution in [3.05, 3.63) is 95.7 Å². The molecule has 30 heavy (non-hydrogen) atoms. The second kappa shape index (κ2) is 7.48. The predicted octanol–water partition coefficient (Wildman–Crippen LogP) is 4.81. The molecule has 0 spiro atoms. The number of hydrogen-bond acceptors (Lipinski definition) is 4. The number of nitrogens with zero attached hydrogens (tertiary/aromatic N) is 5. The summed E-state index contributed by atoms with van der Waals surface area (Å²) >= 11 is 0. The van der Waals surface area contributed by atoms with E-state index in [1.165, 1.54) is 6.07 Å². The molecule has 0 aliphatic heterocycles. The standard InChI is InChI=1S/C23H17F2N5/c1-23(2,20-11-12-30(29-20)16-6-3-5-15(13-16)14-26)19-8-4-7-18(27-19)17-9-10-21(24)28-22(17)25/h3-13H,1-2H3. The second-order valence-electron chi connectivity index (χ2n) is 7.31. The van der Waals surface area contributed by atoms with Crippen LogP contribution in [0.1, 0.15) is 30.8 Å². The van der Waals surface area contributed by atoms with Crippen LogP contribution in [0.15, 0.2) is 66.9 Å². The Balaban J connectivity index is 1.71. The van der Waals surface area contributed by atoms with Crippen LogP contribution in [0.5, 0.6) is 0 Å². The molecule has 0 unspecified atom stereocenters. The molecule has 4 rings (SSSR count). The molecule has 0 atom stereocenters. The van der Waals surface area contributed by atoms with Gasteiger partial charge >= 0.3 is 0 Å². The first-order chi connectivity index (χ1) is 14.4. The molecule has 0 radical (unpaired) electrons. The Morgan fingerprint density at radius 3 is 2.50 bits per heavy atom. The van der Waals surface area contributed by atoms with Crippen molar-refractivity contribution in [2.75, 3.05) is 0 Å². The highest BCUT2D eigenvalue weighted by Gasteiger charge is 2.28. The van der Waals surface area contributed by atoms with Gasteiger partial charge in [0.05, 0.1) is 45.4 Å². The van der Waals surface area contributed by atoms with Crippen LogP contribution in [0.3, 0.4) is 0 Å². The second-order valence-corrected chi connectivity index (χ2v) is 7.31. The Labute approximate surface area is 172 Å². The first-order valence-electron chi connectivity index (χ1n) is 9.25. The van der Waals surface area contributed by atoms with Gasteiger partial charge in [-0.3, -0.25) is 4.98 Å². The molecule has 0 fully saturated rings. The van der Waals surface area contributed by atoms with E-state index in [1.807, 2.05) is 38.2 Å². The van der Waals surface area contributed by atoms with Gasteiger partial charge in [0.2, 0.25) is 11.9 Å². The van der Waals surface area contributed by atoms with Gasteiger partial charge in [-0.05, 0) is 62.4 Å². The highest BCUT2D eigenvalue weighted by Crippen LogP contribution is 2.31. The highest BCUT2D eigenvalue weighted by atomic mass is 19.1. The number of rotatable bonds is 4. The fourth-order valence-electron chi connectivity index (χ4n) is 3.19. The lowest BCUT2D eigenvalue weighted by Gasteiger charge is -2.22. The minimum Gasteiger partial charge on any atom is -0.252 e. The maximum Gasteiger partial charge on any atom is 0.224 e. The molecule has 7 heteroatoms. The van der Waals surface area contributed by atoms with Crippen molar-refractivity contribution < 1.29 is 8.78 Å². The summed E-state index contributed by atoms with van der Waals surface area (Å²) in [5, 5.41) is 13.8. The zero-order chi connectivity index (χ0) is 21.3. The summed E-state index contributed by atoms with van der Waals surface area (Å²) in [4.78, 5) is 7.84. The lowest BCUT2D eigenvalue weighted by molar-refractivity contribution is 0.514. The van der Waals surface area contributed by atoms with Crippen molar-refractivity contribution in [1.29, 1.82) is 5.26 Å². The Morgan fingerprint density at radius 1 is 0.933 bits per heavy atom. The molecule has 0 aliphatic carbocycles. The molecule has 0 bridgehead atoms. The molecule has 4 aromatic rings. The Morgan fingerprint density at radius 2 is 1.73 bits per heavy atom. The molecule has 0 amide bonds. The van der Waals surface area contributed by atoms with E-state index >= 15 is 0 Å². The molecule has 1 aromatic carbocycles. The third kappa shape index (κ3) is 3.55. The van der Waals surface area contributed by atoms with E-state index in [0.29, 0.717) is 17.0 Å². The third-order valence-corrected chi connectivity index (χ3v) is 4.95. The molecule has 0 saturated carbocycles. The van der Waals surface area contributed by atoms with E-state index in [0.717, 1.165) is 17.4 Å².